The van der Waals surface area contributed by atoms with Crippen LogP contribution in [-0.2, 0) is 6.42 Å². The van der Waals surface area contributed by atoms with E-state index in [1.165, 1.54) is 17.7 Å². The minimum Gasteiger partial charge on any atom is -0.326 e. The lowest BCUT2D eigenvalue weighted by molar-refractivity contribution is 0.125. The van der Waals surface area contributed by atoms with Gasteiger partial charge in [-0.25, -0.2) is 9.18 Å². The van der Waals surface area contributed by atoms with E-state index in [1.807, 2.05) is 21.9 Å². The third-order valence-corrected chi connectivity index (χ3v) is 5.44. The molecule has 0 unspecified atom stereocenters. The van der Waals surface area contributed by atoms with Crippen LogP contribution in [0.3, 0.4) is 0 Å². The maximum atomic E-state index is 13.4. The molecule has 136 valence electrons. The molecule has 26 heavy (non-hydrogen) atoms. The highest BCUT2D eigenvalue weighted by Crippen LogP contribution is 2.36. The first-order chi connectivity index (χ1) is 12.6. The monoisotopic (exact) mass is 353 g/mol. The van der Waals surface area contributed by atoms with Gasteiger partial charge < -0.3 is 15.5 Å². The fourth-order valence-electron chi connectivity index (χ4n) is 4.14. The zero-order valence-electron chi connectivity index (χ0n) is 14.8. The predicted molar refractivity (Wildman–Crippen MR) is 99.3 cm³/mol. The Bertz CT molecular complexity index is 792. The molecular weight excluding hydrogens is 329 g/mol. The molecule has 5 heteroatoms. The number of halogens is 1. The first-order valence-electron chi connectivity index (χ1n) is 9.28. The summed E-state index contributed by atoms with van der Waals surface area (Å²) in [5.74, 6) is -0.266. The lowest BCUT2D eigenvalue weighted by Gasteiger charge is -2.42. The Morgan fingerprint density at radius 2 is 1.85 bits per heavy atom. The van der Waals surface area contributed by atoms with Crippen molar-refractivity contribution in [2.45, 2.75) is 31.3 Å². The molecule has 0 aromatic heterocycles. The fraction of sp³-hybridized carbons (Fsp3) is 0.381. The van der Waals surface area contributed by atoms with E-state index in [-0.39, 0.29) is 23.9 Å². The summed E-state index contributed by atoms with van der Waals surface area (Å²) in [5, 5.41) is 0. The number of carbonyl (C=O) groups excluding carboxylic acids is 1. The van der Waals surface area contributed by atoms with Crippen LogP contribution in [0.15, 0.2) is 48.5 Å². The van der Waals surface area contributed by atoms with Gasteiger partial charge in [0.25, 0.3) is 0 Å². The molecule has 0 spiro atoms. The van der Waals surface area contributed by atoms with E-state index < -0.39 is 0 Å². The van der Waals surface area contributed by atoms with Gasteiger partial charge in [0.05, 0.1) is 6.04 Å². The molecule has 2 amide bonds. The van der Waals surface area contributed by atoms with Gasteiger partial charge in [-0.1, -0.05) is 36.4 Å². The van der Waals surface area contributed by atoms with Crippen molar-refractivity contribution in [3.05, 3.63) is 71.0 Å². The van der Waals surface area contributed by atoms with Crippen LogP contribution in [0.4, 0.5) is 9.18 Å². The zero-order valence-corrected chi connectivity index (χ0v) is 14.8. The Morgan fingerprint density at radius 1 is 1.08 bits per heavy atom. The Labute approximate surface area is 153 Å². The minimum atomic E-state index is -0.266. The van der Waals surface area contributed by atoms with E-state index in [0.29, 0.717) is 13.1 Å². The quantitative estimate of drug-likeness (QED) is 0.855. The number of nitrogens with zero attached hydrogens (tertiary/aromatic N) is 2. The van der Waals surface area contributed by atoms with Crippen molar-refractivity contribution in [2.75, 3.05) is 19.6 Å². The third-order valence-electron chi connectivity index (χ3n) is 5.44. The molecule has 2 aromatic carbocycles. The summed E-state index contributed by atoms with van der Waals surface area (Å²) >= 11 is 0. The Balaban J connectivity index is 1.71. The van der Waals surface area contributed by atoms with Crippen LogP contribution in [0.25, 0.3) is 0 Å². The lowest BCUT2D eigenvalue weighted by Crippen LogP contribution is -2.53. The van der Waals surface area contributed by atoms with Gasteiger partial charge in [0.15, 0.2) is 0 Å². The maximum Gasteiger partial charge on any atom is 0.320 e. The number of rotatable bonds is 1. The molecule has 2 atom stereocenters. The summed E-state index contributed by atoms with van der Waals surface area (Å²) in [6, 6.07) is 14.6. The summed E-state index contributed by atoms with van der Waals surface area (Å²) < 4.78 is 13.4. The maximum absolute atomic E-state index is 13.4. The molecule has 4 nitrogen and oxygen atoms in total. The first kappa shape index (κ1) is 17.0. The van der Waals surface area contributed by atoms with E-state index in [2.05, 4.69) is 12.1 Å². The zero-order chi connectivity index (χ0) is 18.1. The van der Waals surface area contributed by atoms with Crippen LogP contribution in [0, 0.1) is 5.82 Å². The van der Waals surface area contributed by atoms with Gasteiger partial charge >= 0.3 is 6.03 Å². The molecule has 0 aliphatic carbocycles. The SMILES string of the molecule is N[C@@H]1CCCN(C(=O)N2CCc3ccccc3[C@@H]2c2ccc(F)cc2)C1. The minimum absolute atomic E-state index is 0.0315. The van der Waals surface area contributed by atoms with Crippen LogP contribution in [0.1, 0.15) is 35.6 Å². The van der Waals surface area contributed by atoms with Gasteiger partial charge in [-0.2, -0.15) is 0 Å². The van der Waals surface area contributed by atoms with Gasteiger partial charge in [-0.05, 0) is 48.1 Å². The van der Waals surface area contributed by atoms with Crippen molar-refractivity contribution in [3.63, 3.8) is 0 Å². The van der Waals surface area contributed by atoms with Gasteiger partial charge in [-0.15, -0.1) is 0 Å². The smallest absolute Gasteiger partial charge is 0.320 e. The number of benzene rings is 2. The van der Waals surface area contributed by atoms with E-state index in [0.717, 1.165) is 36.9 Å². The van der Waals surface area contributed by atoms with Crippen LogP contribution in [-0.4, -0.2) is 41.5 Å². The van der Waals surface area contributed by atoms with Crippen LogP contribution in [0.2, 0.25) is 0 Å². The summed E-state index contributed by atoms with van der Waals surface area (Å²) in [5.41, 5.74) is 9.39. The number of nitrogens with two attached hydrogens (primary N) is 1. The van der Waals surface area contributed by atoms with Crippen molar-refractivity contribution in [1.29, 1.82) is 0 Å². The van der Waals surface area contributed by atoms with Crippen molar-refractivity contribution in [1.82, 2.24) is 9.80 Å². The molecule has 2 aliphatic rings. The van der Waals surface area contributed by atoms with Crippen molar-refractivity contribution in [2.24, 2.45) is 5.73 Å². The molecule has 2 aromatic rings. The number of fused-ring (bicyclic) bond motifs is 1. The van der Waals surface area contributed by atoms with Crippen LogP contribution < -0.4 is 5.73 Å². The largest absolute Gasteiger partial charge is 0.326 e. The number of urea groups is 1. The molecule has 2 aliphatic heterocycles. The van der Waals surface area contributed by atoms with E-state index in [4.69, 9.17) is 5.73 Å². The van der Waals surface area contributed by atoms with Crippen molar-refractivity contribution in [3.8, 4) is 0 Å². The van der Waals surface area contributed by atoms with Crippen LogP contribution in [0.5, 0.6) is 0 Å². The van der Waals surface area contributed by atoms with Crippen molar-refractivity contribution < 1.29 is 9.18 Å². The summed E-state index contributed by atoms with van der Waals surface area (Å²) in [4.78, 5) is 17.1. The number of amides is 2. The molecule has 0 saturated carbocycles. The summed E-state index contributed by atoms with van der Waals surface area (Å²) in [6.07, 6.45) is 2.74. The predicted octanol–water partition coefficient (Wildman–Crippen LogP) is 3.32. The lowest BCUT2D eigenvalue weighted by atomic mass is 9.88. The second-order valence-electron chi connectivity index (χ2n) is 7.23. The molecule has 0 bridgehead atoms. The molecule has 2 N–H and O–H groups in total. The fourth-order valence-corrected chi connectivity index (χ4v) is 4.14. The number of piperidine rings is 1. The van der Waals surface area contributed by atoms with Crippen LogP contribution >= 0.6 is 0 Å². The van der Waals surface area contributed by atoms with Crippen molar-refractivity contribution >= 4 is 6.03 Å². The van der Waals surface area contributed by atoms with Gasteiger partial charge in [0, 0.05) is 25.7 Å². The van der Waals surface area contributed by atoms with Gasteiger partial charge in [0.1, 0.15) is 5.82 Å². The molecular formula is C21H24FN3O. The normalized spacial score (nSPS) is 22.8. The highest BCUT2D eigenvalue weighted by molar-refractivity contribution is 5.76. The second-order valence-corrected chi connectivity index (χ2v) is 7.23. The third kappa shape index (κ3) is 3.19. The molecule has 0 radical (unpaired) electrons. The average Bonchev–Trinajstić information content (AvgIpc) is 2.67. The second kappa shape index (κ2) is 7.08. The molecule has 1 saturated heterocycles. The summed E-state index contributed by atoms with van der Waals surface area (Å²) in [6.45, 7) is 2.01. The highest BCUT2D eigenvalue weighted by atomic mass is 19.1. The number of carbonyl (C=O) groups is 1. The highest BCUT2D eigenvalue weighted by Gasteiger charge is 2.35. The van der Waals surface area contributed by atoms with E-state index in [9.17, 15) is 9.18 Å². The molecule has 1 fully saturated rings. The first-order valence-corrected chi connectivity index (χ1v) is 9.28. The number of hydrogen-bond donors (Lipinski definition) is 1. The van der Waals surface area contributed by atoms with E-state index >= 15 is 0 Å². The molecule has 2 heterocycles. The number of hydrogen-bond acceptors (Lipinski definition) is 2. The Kier molecular flexibility index (Phi) is 4.64. The molecule has 4 rings (SSSR count). The Morgan fingerprint density at radius 3 is 2.62 bits per heavy atom. The van der Waals surface area contributed by atoms with Gasteiger partial charge in [-0.3, -0.25) is 0 Å². The summed E-state index contributed by atoms with van der Waals surface area (Å²) in [7, 11) is 0. The average molecular weight is 353 g/mol. The Hall–Kier alpha value is -2.40. The topological polar surface area (TPSA) is 49.6 Å². The van der Waals surface area contributed by atoms with Gasteiger partial charge in [0.2, 0.25) is 0 Å². The number of likely N-dealkylation sites (tertiary alicyclic amines) is 1. The van der Waals surface area contributed by atoms with E-state index in [1.54, 1.807) is 12.1 Å². The standard InChI is InChI=1S/C21H24FN3O/c22-17-9-7-16(8-10-17)20-19-6-2-1-4-15(19)11-13-25(20)21(26)24-12-3-5-18(23)14-24/h1-2,4,6-10,18,20H,3,5,11-14,23H2/t18-,20+/m1/s1.